The lowest BCUT2D eigenvalue weighted by molar-refractivity contribution is -0.126. The van der Waals surface area contributed by atoms with E-state index in [0.717, 1.165) is 0 Å². The van der Waals surface area contributed by atoms with Gasteiger partial charge >= 0.3 is 0 Å². The Morgan fingerprint density at radius 1 is 1.45 bits per heavy atom. The lowest BCUT2D eigenvalue weighted by Gasteiger charge is -2.30. The van der Waals surface area contributed by atoms with Gasteiger partial charge in [0, 0.05) is 13.1 Å². The Morgan fingerprint density at radius 3 is 2.70 bits per heavy atom. The molecular weight excluding hydrogens is 278 g/mol. The molecule has 0 bridgehead atoms. The predicted octanol–water partition coefficient (Wildman–Crippen LogP) is 1.76. The summed E-state index contributed by atoms with van der Waals surface area (Å²) in [7, 11) is -3.22. The molecular formula is C14H19NO4S. The smallest absolute Gasteiger partial charge is 0.246 e. The average molecular weight is 297 g/mol. The summed E-state index contributed by atoms with van der Waals surface area (Å²) in [6, 6.07) is 3.35. The summed E-state index contributed by atoms with van der Waals surface area (Å²) in [5, 5.41) is -0.387. The molecule has 1 aliphatic rings. The van der Waals surface area contributed by atoms with Crippen LogP contribution < -0.4 is 0 Å². The maximum absolute atomic E-state index is 12.3. The lowest BCUT2D eigenvalue weighted by Crippen LogP contribution is -2.42. The summed E-state index contributed by atoms with van der Waals surface area (Å²) in [5.41, 5.74) is 0. The van der Waals surface area contributed by atoms with Gasteiger partial charge in [0.25, 0.3) is 0 Å². The molecule has 110 valence electrons. The summed E-state index contributed by atoms with van der Waals surface area (Å²) in [6.07, 6.45) is 5.67. The number of nitrogens with zero attached hydrogens (tertiary/aromatic N) is 1. The molecule has 2 heterocycles. The summed E-state index contributed by atoms with van der Waals surface area (Å²) < 4.78 is 29.7. The van der Waals surface area contributed by atoms with Crippen molar-refractivity contribution >= 4 is 15.7 Å². The number of likely N-dealkylation sites (tertiary alicyclic amines) is 1. The van der Waals surface area contributed by atoms with Gasteiger partial charge in [0.05, 0.1) is 11.5 Å². The lowest BCUT2D eigenvalue weighted by atomic mass is 10.1. The zero-order valence-electron chi connectivity index (χ0n) is 11.5. The Hall–Kier alpha value is -1.56. The van der Waals surface area contributed by atoms with Crippen LogP contribution in [0.25, 0.3) is 0 Å². The van der Waals surface area contributed by atoms with Gasteiger partial charge in [0.15, 0.2) is 9.84 Å². The normalized spacial score (nSPS) is 17.8. The van der Waals surface area contributed by atoms with Crippen molar-refractivity contribution in [1.82, 2.24) is 4.90 Å². The maximum atomic E-state index is 12.3. The van der Waals surface area contributed by atoms with E-state index in [1.165, 1.54) is 12.3 Å². The zero-order chi connectivity index (χ0) is 14.6. The number of carbonyl (C=O) groups is 1. The first-order chi connectivity index (χ1) is 9.53. The van der Waals surface area contributed by atoms with Crippen LogP contribution in [0.15, 0.2) is 35.0 Å². The second-order valence-corrected chi connectivity index (χ2v) is 7.19. The number of amides is 1. The van der Waals surface area contributed by atoms with E-state index in [4.69, 9.17) is 4.42 Å². The van der Waals surface area contributed by atoms with Gasteiger partial charge in [-0.15, -0.1) is 0 Å². The van der Waals surface area contributed by atoms with Gasteiger partial charge in [-0.25, -0.2) is 8.42 Å². The molecule has 2 rings (SSSR count). The highest BCUT2D eigenvalue weighted by Crippen LogP contribution is 2.21. The highest BCUT2D eigenvalue weighted by Gasteiger charge is 2.31. The van der Waals surface area contributed by atoms with Crippen molar-refractivity contribution < 1.29 is 17.6 Å². The molecule has 1 aromatic rings. The molecule has 1 aliphatic heterocycles. The SMILES string of the molecule is C/C=C/C(=O)N1CCC(S(=O)(=O)Cc2ccco2)CC1. The largest absolute Gasteiger partial charge is 0.468 e. The number of hydrogen-bond donors (Lipinski definition) is 0. The minimum Gasteiger partial charge on any atom is -0.468 e. The Labute approximate surface area is 119 Å². The third-order valence-electron chi connectivity index (χ3n) is 3.49. The monoisotopic (exact) mass is 297 g/mol. The molecule has 1 aromatic heterocycles. The van der Waals surface area contributed by atoms with Crippen molar-refractivity contribution in [2.24, 2.45) is 0 Å². The number of allylic oxidation sites excluding steroid dienone is 1. The minimum atomic E-state index is -3.22. The zero-order valence-corrected chi connectivity index (χ0v) is 12.3. The first-order valence-corrected chi connectivity index (χ1v) is 8.40. The second-order valence-electron chi connectivity index (χ2n) is 4.91. The molecule has 0 aromatic carbocycles. The van der Waals surface area contributed by atoms with Gasteiger partial charge in [0.2, 0.25) is 5.91 Å². The molecule has 0 spiro atoms. The molecule has 5 nitrogen and oxygen atoms in total. The number of sulfone groups is 1. The summed E-state index contributed by atoms with van der Waals surface area (Å²) in [5.74, 6) is 0.361. The summed E-state index contributed by atoms with van der Waals surface area (Å²) >= 11 is 0. The number of carbonyl (C=O) groups excluding carboxylic acids is 1. The average Bonchev–Trinajstić information content (AvgIpc) is 2.91. The van der Waals surface area contributed by atoms with E-state index >= 15 is 0 Å². The quantitative estimate of drug-likeness (QED) is 0.794. The van der Waals surface area contributed by atoms with Crippen molar-refractivity contribution in [3.63, 3.8) is 0 Å². The molecule has 0 radical (unpaired) electrons. The highest BCUT2D eigenvalue weighted by atomic mass is 32.2. The van der Waals surface area contributed by atoms with Crippen molar-refractivity contribution in [3.05, 3.63) is 36.3 Å². The fraction of sp³-hybridized carbons (Fsp3) is 0.500. The van der Waals surface area contributed by atoms with Gasteiger partial charge in [-0.2, -0.15) is 0 Å². The van der Waals surface area contributed by atoms with E-state index in [0.29, 0.717) is 31.7 Å². The summed E-state index contributed by atoms with van der Waals surface area (Å²) in [6.45, 7) is 2.77. The van der Waals surface area contributed by atoms with Crippen molar-refractivity contribution in [1.29, 1.82) is 0 Å². The first kappa shape index (κ1) is 14.8. The molecule has 0 saturated carbocycles. The molecule has 1 amide bonds. The third-order valence-corrected chi connectivity index (χ3v) is 5.67. The highest BCUT2D eigenvalue weighted by molar-refractivity contribution is 7.91. The molecule has 1 fully saturated rings. The fourth-order valence-electron chi connectivity index (χ4n) is 2.39. The molecule has 0 unspecified atom stereocenters. The second kappa shape index (κ2) is 6.26. The fourth-order valence-corrected chi connectivity index (χ4v) is 4.12. The van der Waals surface area contributed by atoms with Crippen LogP contribution in [0.3, 0.4) is 0 Å². The van der Waals surface area contributed by atoms with E-state index in [9.17, 15) is 13.2 Å². The van der Waals surface area contributed by atoms with Gasteiger partial charge in [-0.1, -0.05) is 6.08 Å². The first-order valence-electron chi connectivity index (χ1n) is 6.68. The topological polar surface area (TPSA) is 67.6 Å². The van der Waals surface area contributed by atoms with Crippen LogP contribution in [-0.2, 0) is 20.4 Å². The van der Waals surface area contributed by atoms with Crippen LogP contribution in [0.4, 0.5) is 0 Å². The Morgan fingerprint density at radius 2 is 2.15 bits per heavy atom. The third kappa shape index (κ3) is 3.50. The summed E-state index contributed by atoms with van der Waals surface area (Å²) in [4.78, 5) is 13.4. The van der Waals surface area contributed by atoms with Crippen LogP contribution in [0.1, 0.15) is 25.5 Å². The van der Waals surface area contributed by atoms with Gasteiger partial charge in [0.1, 0.15) is 11.5 Å². The van der Waals surface area contributed by atoms with Crippen LogP contribution in [-0.4, -0.2) is 37.6 Å². The molecule has 20 heavy (non-hydrogen) atoms. The molecule has 6 heteroatoms. The van der Waals surface area contributed by atoms with Crippen LogP contribution >= 0.6 is 0 Å². The maximum Gasteiger partial charge on any atom is 0.246 e. The van der Waals surface area contributed by atoms with Crippen LogP contribution in [0.5, 0.6) is 0 Å². The number of piperidine rings is 1. The van der Waals surface area contributed by atoms with Crippen LogP contribution in [0.2, 0.25) is 0 Å². The molecule has 0 atom stereocenters. The van der Waals surface area contributed by atoms with Gasteiger partial charge < -0.3 is 9.32 Å². The van der Waals surface area contributed by atoms with Gasteiger partial charge in [-0.05, 0) is 38.0 Å². The minimum absolute atomic E-state index is 0.0469. The Kier molecular flexibility index (Phi) is 4.65. The van der Waals surface area contributed by atoms with Crippen molar-refractivity contribution in [2.45, 2.75) is 30.8 Å². The Bertz CT molecular complexity index is 566. The number of hydrogen-bond acceptors (Lipinski definition) is 4. The van der Waals surface area contributed by atoms with E-state index in [-0.39, 0.29) is 16.9 Å². The molecule has 0 N–H and O–H groups in total. The van der Waals surface area contributed by atoms with Crippen molar-refractivity contribution in [3.8, 4) is 0 Å². The van der Waals surface area contributed by atoms with E-state index in [2.05, 4.69) is 0 Å². The van der Waals surface area contributed by atoms with E-state index < -0.39 is 9.84 Å². The van der Waals surface area contributed by atoms with Gasteiger partial charge in [-0.3, -0.25) is 4.79 Å². The Balaban J connectivity index is 1.94. The molecule has 0 aliphatic carbocycles. The predicted molar refractivity (Wildman–Crippen MR) is 75.7 cm³/mol. The van der Waals surface area contributed by atoms with E-state index in [1.807, 2.05) is 0 Å². The number of furan rings is 1. The number of rotatable bonds is 4. The molecule has 1 saturated heterocycles. The van der Waals surface area contributed by atoms with E-state index in [1.54, 1.807) is 30.0 Å². The van der Waals surface area contributed by atoms with Crippen molar-refractivity contribution in [2.75, 3.05) is 13.1 Å². The standard InChI is InChI=1S/C14H19NO4S/c1-2-4-14(16)15-8-6-13(7-9-15)20(17,18)11-12-5-3-10-19-12/h2-5,10,13H,6-9,11H2,1H3/b4-2+. The van der Waals surface area contributed by atoms with Crippen LogP contribution in [0, 0.1) is 0 Å².